The monoisotopic (exact) mass is 350 g/mol. The van der Waals surface area contributed by atoms with E-state index in [0.717, 1.165) is 5.01 Å². The first-order valence-electron chi connectivity index (χ1n) is 7.70. The van der Waals surface area contributed by atoms with E-state index in [1.165, 1.54) is 12.1 Å². The van der Waals surface area contributed by atoms with E-state index in [1.807, 2.05) is 0 Å². The third-order valence-corrected chi connectivity index (χ3v) is 3.72. The number of carboxylic acid groups (broad SMARTS) is 1. The van der Waals surface area contributed by atoms with E-state index in [2.05, 4.69) is 15.3 Å². The average Bonchev–Trinajstić information content (AvgIpc) is 2.94. The highest BCUT2D eigenvalue weighted by Crippen LogP contribution is 2.22. The smallest absolute Gasteiger partial charge is 0.337 e. The van der Waals surface area contributed by atoms with E-state index in [0.29, 0.717) is 11.3 Å². The molecule has 130 valence electrons. The zero-order valence-electron chi connectivity index (χ0n) is 13.7. The van der Waals surface area contributed by atoms with Gasteiger partial charge in [0, 0.05) is 5.56 Å². The van der Waals surface area contributed by atoms with E-state index >= 15 is 0 Å². The molecule has 1 atom stereocenters. The summed E-state index contributed by atoms with van der Waals surface area (Å²) in [5.41, 5.74) is 0.712. The van der Waals surface area contributed by atoms with Crippen molar-refractivity contribution in [1.29, 1.82) is 0 Å². The van der Waals surface area contributed by atoms with Gasteiger partial charge in [-0.2, -0.15) is 20.3 Å². The molecule has 0 aliphatic carbocycles. The number of amides is 2. The van der Waals surface area contributed by atoms with E-state index in [9.17, 15) is 14.4 Å². The van der Waals surface area contributed by atoms with Gasteiger partial charge in [-0.1, -0.05) is 30.3 Å². The van der Waals surface area contributed by atoms with Gasteiger partial charge in [-0.15, -0.1) is 0 Å². The van der Waals surface area contributed by atoms with Crippen molar-refractivity contribution in [2.75, 3.05) is 0 Å². The Balaban J connectivity index is 1.83. The van der Waals surface area contributed by atoms with Crippen molar-refractivity contribution in [2.45, 2.75) is 13.0 Å². The third-order valence-electron chi connectivity index (χ3n) is 3.72. The number of benzene rings is 2. The van der Waals surface area contributed by atoms with Crippen LogP contribution >= 0.6 is 0 Å². The molecule has 2 aromatic carbocycles. The molecule has 26 heavy (non-hydrogen) atoms. The van der Waals surface area contributed by atoms with Crippen LogP contribution in [0.3, 0.4) is 0 Å². The fourth-order valence-electron chi connectivity index (χ4n) is 2.40. The van der Waals surface area contributed by atoms with Crippen molar-refractivity contribution < 1.29 is 19.5 Å². The van der Waals surface area contributed by atoms with Crippen molar-refractivity contribution in [2.24, 2.45) is 15.3 Å². The Hall–Kier alpha value is -3.68. The molecule has 0 saturated carbocycles. The molecule has 0 unspecified atom stereocenters. The van der Waals surface area contributed by atoms with Crippen LogP contribution in [-0.2, 0) is 4.79 Å². The quantitative estimate of drug-likeness (QED) is 0.675. The summed E-state index contributed by atoms with van der Waals surface area (Å²) in [6.07, 6.45) is 0. The molecule has 0 bridgehead atoms. The number of aromatic carboxylic acids is 1. The number of rotatable bonds is 4. The molecule has 2 aromatic rings. The number of hydrogen-bond donors (Lipinski definition) is 1. The fraction of sp³-hybridized carbons (Fsp3) is 0.111. The van der Waals surface area contributed by atoms with Crippen LogP contribution in [0.5, 0.6) is 0 Å². The second-order valence-corrected chi connectivity index (χ2v) is 5.50. The summed E-state index contributed by atoms with van der Waals surface area (Å²) in [7, 11) is 0. The van der Waals surface area contributed by atoms with Gasteiger partial charge in [-0.25, -0.2) is 4.79 Å². The molecule has 1 aliphatic heterocycles. The number of nitrogens with zero attached hydrogens (tertiary/aromatic N) is 4. The van der Waals surface area contributed by atoms with Crippen LogP contribution in [0.4, 0.5) is 5.69 Å². The minimum atomic E-state index is -1.15. The van der Waals surface area contributed by atoms with Crippen LogP contribution < -0.4 is 0 Å². The lowest BCUT2D eigenvalue weighted by Gasteiger charge is -2.10. The molecule has 8 heteroatoms. The number of azo groups is 1. The zero-order valence-corrected chi connectivity index (χ0v) is 13.7. The van der Waals surface area contributed by atoms with E-state index in [1.54, 1.807) is 49.4 Å². The molecule has 1 heterocycles. The van der Waals surface area contributed by atoms with Gasteiger partial charge >= 0.3 is 5.97 Å². The minimum Gasteiger partial charge on any atom is -0.478 e. The van der Waals surface area contributed by atoms with Gasteiger partial charge in [0.05, 0.1) is 17.0 Å². The topological polar surface area (TPSA) is 112 Å². The van der Waals surface area contributed by atoms with Gasteiger partial charge in [-0.3, -0.25) is 9.59 Å². The van der Waals surface area contributed by atoms with Crippen LogP contribution in [0, 0.1) is 0 Å². The van der Waals surface area contributed by atoms with Crippen LogP contribution in [0.15, 0.2) is 69.9 Å². The fourth-order valence-corrected chi connectivity index (χ4v) is 2.40. The number of carbonyl (C=O) groups is 3. The van der Waals surface area contributed by atoms with E-state index in [-0.39, 0.29) is 11.3 Å². The number of carboxylic acids is 1. The van der Waals surface area contributed by atoms with Gasteiger partial charge < -0.3 is 5.11 Å². The first-order valence-corrected chi connectivity index (χ1v) is 7.70. The van der Waals surface area contributed by atoms with Crippen LogP contribution in [-0.4, -0.2) is 39.7 Å². The highest BCUT2D eigenvalue weighted by atomic mass is 16.4. The van der Waals surface area contributed by atoms with Crippen LogP contribution in [0.2, 0.25) is 0 Å². The molecule has 1 N–H and O–H groups in total. The molecular weight excluding hydrogens is 336 g/mol. The summed E-state index contributed by atoms with van der Waals surface area (Å²) < 4.78 is 0. The SMILES string of the molecule is CC1=NN(C(=O)c2ccccc2)C(=O)[C@H]1N=Nc1ccccc1C(=O)O. The lowest BCUT2D eigenvalue weighted by atomic mass is 10.2. The first kappa shape index (κ1) is 17.2. The van der Waals surface area contributed by atoms with Crippen molar-refractivity contribution >= 4 is 29.2 Å². The maximum Gasteiger partial charge on any atom is 0.337 e. The maximum absolute atomic E-state index is 12.5. The van der Waals surface area contributed by atoms with E-state index < -0.39 is 23.8 Å². The lowest BCUT2D eigenvalue weighted by molar-refractivity contribution is -0.127. The molecule has 0 fully saturated rings. The lowest BCUT2D eigenvalue weighted by Crippen LogP contribution is -2.34. The van der Waals surface area contributed by atoms with Gasteiger partial charge in [0.25, 0.3) is 11.8 Å². The zero-order chi connectivity index (χ0) is 18.7. The number of hydrogen-bond acceptors (Lipinski definition) is 6. The standard InChI is InChI=1S/C18H14N4O4/c1-11-15(20-19-14-10-6-5-9-13(14)18(25)26)17(24)22(21-11)16(23)12-7-3-2-4-8-12/h2-10,15H,1H3,(H,25,26)/t15-/m0/s1. The van der Waals surface area contributed by atoms with Crippen molar-refractivity contribution in [3.05, 3.63) is 65.7 Å². The molecule has 0 radical (unpaired) electrons. The Morgan fingerprint density at radius 3 is 2.42 bits per heavy atom. The summed E-state index contributed by atoms with van der Waals surface area (Å²) in [6.45, 7) is 1.56. The summed E-state index contributed by atoms with van der Waals surface area (Å²) in [6, 6.07) is 13.3. The van der Waals surface area contributed by atoms with Crippen molar-refractivity contribution in [1.82, 2.24) is 5.01 Å². The average molecular weight is 350 g/mol. The predicted octanol–water partition coefficient (Wildman–Crippen LogP) is 2.90. The summed E-state index contributed by atoms with van der Waals surface area (Å²) in [5.74, 6) is -2.34. The Kier molecular flexibility index (Phi) is 4.66. The van der Waals surface area contributed by atoms with Crippen LogP contribution in [0.25, 0.3) is 0 Å². The van der Waals surface area contributed by atoms with Gasteiger partial charge in [0.2, 0.25) is 0 Å². The Morgan fingerprint density at radius 2 is 1.73 bits per heavy atom. The highest BCUT2D eigenvalue weighted by Gasteiger charge is 2.38. The van der Waals surface area contributed by atoms with E-state index in [4.69, 9.17) is 5.11 Å². The van der Waals surface area contributed by atoms with Gasteiger partial charge in [0.15, 0.2) is 6.04 Å². The molecule has 8 nitrogen and oxygen atoms in total. The minimum absolute atomic E-state index is 0.0338. The normalized spacial score (nSPS) is 16.8. The predicted molar refractivity (Wildman–Crippen MR) is 92.4 cm³/mol. The Morgan fingerprint density at radius 1 is 1.08 bits per heavy atom. The van der Waals surface area contributed by atoms with Crippen molar-refractivity contribution in [3.63, 3.8) is 0 Å². The summed E-state index contributed by atoms with van der Waals surface area (Å²) in [4.78, 5) is 36.1. The molecule has 3 rings (SSSR count). The van der Waals surface area contributed by atoms with Gasteiger partial charge in [-0.05, 0) is 31.2 Å². The Labute approximate surface area is 148 Å². The Bertz CT molecular complexity index is 937. The molecule has 0 spiro atoms. The second-order valence-electron chi connectivity index (χ2n) is 5.50. The summed E-state index contributed by atoms with van der Waals surface area (Å²) in [5, 5.41) is 21.7. The van der Waals surface area contributed by atoms with Crippen LogP contribution in [0.1, 0.15) is 27.6 Å². The highest BCUT2D eigenvalue weighted by molar-refractivity contribution is 6.18. The third kappa shape index (κ3) is 3.25. The second kappa shape index (κ2) is 7.06. The molecular formula is C18H14N4O4. The summed E-state index contributed by atoms with van der Waals surface area (Å²) >= 11 is 0. The number of hydrazone groups is 1. The number of imide groups is 1. The molecule has 0 aromatic heterocycles. The molecule has 0 saturated heterocycles. The number of carbonyl (C=O) groups excluding carboxylic acids is 2. The molecule has 1 aliphatic rings. The largest absolute Gasteiger partial charge is 0.478 e. The van der Waals surface area contributed by atoms with Crippen molar-refractivity contribution in [3.8, 4) is 0 Å². The van der Waals surface area contributed by atoms with Gasteiger partial charge in [0.1, 0.15) is 0 Å². The molecule has 2 amide bonds. The first-order chi connectivity index (χ1) is 12.5. The maximum atomic E-state index is 12.5.